The van der Waals surface area contributed by atoms with Crippen molar-refractivity contribution in [3.05, 3.63) is 12.7 Å². The number of rotatable bonds is 4. The van der Waals surface area contributed by atoms with Crippen molar-refractivity contribution in [2.45, 2.75) is 73.1 Å². The van der Waals surface area contributed by atoms with Crippen LogP contribution in [0.1, 0.15) is 73.1 Å². The molecule has 6 nitrogen and oxygen atoms in total. The second-order valence-electron chi connectivity index (χ2n) is 7.94. The van der Waals surface area contributed by atoms with Gasteiger partial charge in [0, 0.05) is 78.9 Å². The minimum atomic E-state index is 0. The van der Waals surface area contributed by atoms with Gasteiger partial charge in [0.25, 0.3) is 0 Å². The van der Waals surface area contributed by atoms with Crippen molar-refractivity contribution in [2.75, 3.05) is 39.3 Å². The number of hydrogen-bond donors (Lipinski definition) is 0. The monoisotopic (exact) mass is 565 g/mol. The zero-order valence-corrected chi connectivity index (χ0v) is 24.0. The van der Waals surface area contributed by atoms with Gasteiger partial charge in [-0.05, 0) is 57.9 Å². The molecule has 0 spiro atoms. The number of likely N-dealkylation sites (tertiary alicyclic amines) is 1. The Hall–Kier alpha value is -0.0794. The average molecular weight is 568 g/mol. The number of hydrogen-bond acceptors (Lipinski definition) is 4. The van der Waals surface area contributed by atoms with Crippen molar-refractivity contribution in [2.24, 2.45) is 17.8 Å². The maximum absolute atomic E-state index is 12.7. The van der Waals surface area contributed by atoms with Crippen molar-refractivity contribution in [3.63, 3.8) is 0 Å². The molecule has 1 aliphatic carbocycles. The zero-order valence-electron chi connectivity index (χ0n) is 20.8. The van der Waals surface area contributed by atoms with Gasteiger partial charge in [0.2, 0.25) is 5.91 Å². The molecule has 0 aromatic rings. The fraction of sp³-hybridized carbons (Fsp3) is 0.833. The SMILES string of the molecule is CC.CC.CC(=O)C1CCC(C(=O)N2CCC(CN3CC[N-]C(=O)C3)CC2)CC1.[CH3-].[Nd]. The van der Waals surface area contributed by atoms with Crippen LogP contribution in [0.25, 0.3) is 5.32 Å². The summed E-state index contributed by atoms with van der Waals surface area (Å²) in [6.07, 6.45) is 5.52. The van der Waals surface area contributed by atoms with Crippen LogP contribution in [0, 0.1) is 66.0 Å². The van der Waals surface area contributed by atoms with E-state index >= 15 is 0 Å². The van der Waals surface area contributed by atoms with Crippen LogP contribution < -0.4 is 0 Å². The smallest absolute Gasteiger partial charge is 0.225 e. The normalized spacial score (nSPS) is 24.0. The Morgan fingerprint density at radius 2 is 1.42 bits per heavy atom. The molecule has 0 unspecified atom stereocenters. The van der Waals surface area contributed by atoms with E-state index < -0.39 is 0 Å². The third-order valence-electron chi connectivity index (χ3n) is 6.16. The maximum atomic E-state index is 12.7. The van der Waals surface area contributed by atoms with E-state index in [1.807, 2.05) is 32.6 Å². The first-order chi connectivity index (χ1) is 14.0. The van der Waals surface area contributed by atoms with Gasteiger partial charge in [-0.1, -0.05) is 27.7 Å². The fourth-order valence-electron chi connectivity index (χ4n) is 4.50. The number of ketones is 1. The Morgan fingerprint density at radius 1 is 0.903 bits per heavy atom. The predicted molar refractivity (Wildman–Crippen MR) is 124 cm³/mol. The molecule has 0 N–H and O–H groups in total. The number of nitrogens with zero attached hydrogens (tertiary/aromatic N) is 3. The van der Waals surface area contributed by atoms with Crippen LogP contribution >= 0.6 is 0 Å². The molecule has 7 heteroatoms. The van der Waals surface area contributed by atoms with Crippen molar-refractivity contribution < 1.29 is 55.2 Å². The number of Topliss-reactive ketones (excluding diaryl/α,β-unsaturated/α-hetero) is 1. The largest absolute Gasteiger partial charge is 0.651 e. The van der Waals surface area contributed by atoms with Crippen LogP contribution in [-0.2, 0) is 14.4 Å². The van der Waals surface area contributed by atoms with E-state index in [-0.39, 0.29) is 71.8 Å². The van der Waals surface area contributed by atoms with E-state index in [4.69, 9.17) is 0 Å². The molecule has 1 saturated carbocycles. The van der Waals surface area contributed by atoms with Gasteiger partial charge in [-0.3, -0.25) is 14.5 Å². The van der Waals surface area contributed by atoms with Crippen molar-refractivity contribution >= 4 is 17.6 Å². The van der Waals surface area contributed by atoms with Gasteiger partial charge in [-0.15, -0.1) is 6.54 Å². The minimum Gasteiger partial charge on any atom is -0.651 e. The van der Waals surface area contributed by atoms with E-state index in [9.17, 15) is 14.4 Å². The molecule has 3 rings (SSSR count). The van der Waals surface area contributed by atoms with Crippen LogP contribution in [0.3, 0.4) is 0 Å². The molecule has 0 bridgehead atoms. The molecular weight excluding hydrogens is 523 g/mol. The number of carbonyl (C=O) groups excluding carboxylic acids is 3. The van der Waals surface area contributed by atoms with Gasteiger partial charge in [-0.2, -0.15) is 0 Å². The quantitative estimate of drug-likeness (QED) is 0.474. The predicted octanol–water partition coefficient (Wildman–Crippen LogP) is 4.34. The summed E-state index contributed by atoms with van der Waals surface area (Å²) in [4.78, 5) is 39.9. The third-order valence-corrected chi connectivity index (χ3v) is 6.16. The standard InChI is InChI=1S/C19H31N3O3.2C2H6.CH3.Nd/c1-14(23)16-2-4-17(5-3-16)19(25)22-9-6-15(7-10-22)12-21-11-8-20-18(24)13-21;2*1-2;;/h15-17H,2-13H2,1H3,(H,20,24);2*1-2H3;1H3;/q;;;-1;/p-1. The molecule has 2 heterocycles. The molecule has 3 aliphatic rings. The van der Waals surface area contributed by atoms with Gasteiger partial charge >= 0.3 is 0 Å². The van der Waals surface area contributed by atoms with Crippen LogP contribution in [0.5, 0.6) is 0 Å². The Bertz CT molecular complexity index is 514. The van der Waals surface area contributed by atoms with E-state index in [0.717, 1.165) is 64.7 Å². The van der Waals surface area contributed by atoms with Crippen LogP contribution in [0.15, 0.2) is 0 Å². The number of piperidine rings is 1. The molecule has 0 atom stereocenters. The molecule has 31 heavy (non-hydrogen) atoms. The summed E-state index contributed by atoms with van der Waals surface area (Å²) in [5, 5.41) is 3.92. The Morgan fingerprint density at radius 3 is 1.90 bits per heavy atom. The summed E-state index contributed by atoms with van der Waals surface area (Å²) < 4.78 is 0. The first kappa shape index (κ1) is 33.1. The first-order valence-electron chi connectivity index (χ1n) is 11.7. The maximum Gasteiger partial charge on any atom is 0.225 e. The summed E-state index contributed by atoms with van der Waals surface area (Å²) in [5.41, 5.74) is 0. The van der Waals surface area contributed by atoms with E-state index in [1.54, 1.807) is 6.92 Å². The molecule has 0 aromatic heterocycles. The first-order valence-corrected chi connectivity index (χ1v) is 11.7. The summed E-state index contributed by atoms with van der Waals surface area (Å²) >= 11 is 0. The van der Waals surface area contributed by atoms with Crippen molar-refractivity contribution in [3.8, 4) is 0 Å². The molecule has 180 valence electrons. The minimum absolute atomic E-state index is 0. The fourth-order valence-corrected chi connectivity index (χ4v) is 4.50. The van der Waals surface area contributed by atoms with Gasteiger partial charge in [0.05, 0.1) is 5.91 Å². The summed E-state index contributed by atoms with van der Waals surface area (Å²) in [6.45, 7) is 14.3. The molecule has 0 aromatic carbocycles. The Kier molecular flexibility index (Phi) is 19.6. The molecule has 0 radical (unpaired) electrons. The van der Waals surface area contributed by atoms with Crippen molar-refractivity contribution in [1.82, 2.24) is 9.80 Å². The zero-order chi connectivity index (χ0) is 21.8. The number of amides is 2. The molecular formula is C24H45N3NdO3-2. The summed E-state index contributed by atoms with van der Waals surface area (Å²) in [7, 11) is 0. The second-order valence-corrected chi connectivity index (χ2v) is 7.94. The van der Waals surface area contributed by atoms with E-state index in [1.165, 1.54) is 0 Å². The number of piperazine rings is 1. The molecule has 3 fully saturated rings. The van der Waals surface area contributed by atoms with Gasteiger partial charge in [0.1, 0.15) is 5.78 Å². The van der Waals surface area contributed by atoms with E-state index in [0.29, 0.717) is 24.9 Å². The van der Waals surface area contributed by atoms with E-state index in [2.05, 4.69) is 10.2 Å². The van der Waals surface area contributed by atoms with Gasteiger partial charge < -0.3 is 22.4 Å². The van der Waals surface area contributed by atoms with Gasteiger partial charge in [0.15, 0.2) is 0 Å². The second kappa shape index (κ2) is 18.4. The molecule has 2 amide bonds. The average Bonchev–Trinajstić information content (AvgIpc) is 2.77. The van der Waals surface area contributed by atoms with Crippen LogP contribution in [0.2, 0.25) is 0 Å². The van der Waals surface area contributed by atoms with Gasteiger partial charge in [-0.25, -0.2) is 0 Å². The third kappa shape index (κ3) is 11.1. The van der Waals surface area contributed by atoms with Crippen molar-refractivity contribution in [1.29, 1.82) is 0 Å². The molecule has 2 saturated heterocycles. The topological polar surface area (TPSA) is 71.8 Å². The van der Waals surface area contributed by atoms with Crippen LogP contribution in [-0.4, -0.2) is 66.7 Å². The summed E-state index contributed by atoms with van der Waals surface area (Å²) in [5.74, 6) is 1.44. The molecule has 2 aliphatic heterocycles. The Labute approximate surface area is 224 Å². The Balaban J connectivity index is 0. The van der Waals surface area contributed by atoms with Crippen LogP contribution in [0.4, 0.5) is 0 Å². The summed E-state index contributed by atoms with van der Waals surface area (Å²) in [6, 6.07) is 0. The number of carbonyl (C=O) groups is 3.